The maximum atomic E-state index is 13.0. The summed E-state index contributed by atoms with van der Waals surface area (Å²) in [5.74, 6) is -3.44. The van der Waals surface area contributed by atoms with Gasteiger partial charge in [0.2, 0.25) is 0 Å². The van der Waals surface area contributed by atoms with E-state index in [4.69, 9.17) is 5.11 Å². The molecule has 0 spiro atoms. The van der Waals surface area contributed by atoms with E-state index in [2.05, 4.69) is 0 Å². The number of aromatic nitrogens is 2. The third-order valence-corrected chi connectivity index (χ3v) is 2.30. The molecule has 2 aromatic rings. The summed E-state index contributed by atoms with van der Waals surface area (Å²) < 4.78 is 26.7. The summed E-state index contributed by atoms with van der Waals surface area (Å²) in [4.78, 5) is 35.2. The normalized spacial score (nSPS) is 10.4. The smallest absolute Gasteiger partial charge is 0.342 e. The van der Waals surface area contributed by atoms with Crippen molar-refractivity contribution in [3.8, 4) is 5.69 Å². The molecule has 0 aliphatic rings. The van der Waals surface area contributed by atoms with Gasteiger partial charge in [0.15, 0.2) is 0 Å². The van der Waals surface area contributed by atoms with Crippen LogP contribution < -0.4 is 11.2 Å². The largest absolute Gasteiger partial charge is 0.477 e. The molecule has 1 heterocycles. The Morgan fingerprint density at radius 3 is 2.26 bits per heavy atom. The van der Waals surface area contributed by atoms with E-state index >= 15 is 0 Å². The molecule has 98 valence electrons. The van der Waals surface area contributed by atoms with Gasteiger partial charge in [0.25, 0.3) is 5.56 Å². The Morgan fingerprint density at radius 2 is 1.74 bits per heavy atom. The van der Waals surface area contributed by atoms with Crippen molar-refractivity contribution in [3.63, 3.8) is 0 Å². The number of rotatable bonds is 2. The van der Waals surface area contributed by atoms with Gasteiger partial charge in [-0.05, 0) is 12.1 Å². The molecule has 0 aliphatic carbocycles. The molecular formula is C11H6F2N2O4. The summed E-state index contributed by atoms with van der Waals surface area (Å²) in [7, 11) is 0. The van der Waals surface area contributed by atoms with E-state index in [1.165, 1.54) is 0 Å². The predicted octanol–water partition coefficient (Wildman–Crippen LogP) is 0.502. The molecule has 1 aromatic carbocycles. The van der Waals surface area contributed by atoms with Crippen molar-refractivity contribution < 1.29 is 18.7 Å². The van der Waals surface area contributed by atoms with Crippen molar-refractivity contribution in [3.05, 3.63) is 62.4 Å². The fourth-order valence-corrected chi connectivity index (χ4v) is 1.49. The van der Waals surface area contributed by atoms with Gasteiger partial charge in [0.1, 0.15) is 17.2 Å². The first-order chi connectivity index (χ1) is 8.88. The Morgan fingerprint density at radius 1 is 1.16 bits per heavy atom. The first-order valence-corrected chi connectivity index (χ1v) is 4.94. The Balaban J connectivity index is 2.75. The number of aromatic amines is 1. The van der Waals surface area contributed by atoms with Crippen LogP contribution in [-0.4, -0.2) is 20.6 Å². The highest BCUT2D eigenvalue weighted by atomic mass is 19.1. The number of hydrogen-bond donors (Lipinski definition) is 2. The summed E-state index contributed by atoms with van der Waals surface area (Å²) in [5.41, 5.74) is -3.05. The van der Waals surface area contributed by atoms with Crippen LogP contribution >= 0.6 is 0 Å². The SMILES string of the molecule is O=C(O)c1cn(-c2cc(F)cc(F)c2)c(=O)[nH]c1=O. The van der Waals surface area contributed by atoms with E-state index in [-0.39, 0.29) is 5.69 Å². The zero-order chi connectivity index (χ0) is 14.2. The maximum absolute atomic E-state index is 13.0. The zero-order valence-electron chi connectivity index (χ0n) is 9.18. The van der Waals surface area contributed by atoms with Crippen LogP contribution in [0.5, 0.6) is 0 Å². The minimum atomic E-state index is -1.56. The molecular weight excluding hydrogens is 262 g/mol. The number of H-pyrrole nitrogens is 1. The molecule has 0 aliphatic heterocycles. The molecule has 2 rings (SSSR count). The van der Waals surface area contributed by atoms with E-state index in [1.807, 2.05) is 0 Å². The van der Waals surface area contributed by atoms with E-state index < -0.39 is 34.4 Å². The summed E-state index contributed by atoms with van der Waals surface area (Å²) >= 11 is 0. The summed E-state index contributed by atoms with van der Waals surface area (Å²) in [5, 5.41) is 8.75. The Hall–Kier alpha value is -2.77. The number of carboxylic acid groups (broad SMARTS) is 1. The fourth-order valence-electron chi connectivity index (χ4n) is 1.49. The average Bonchev–Trinajstić information content (AvgIpc) is 2.26. The lowest BCUT2D eigenvalue weighted by Gasteiger charge is -2.06. The molecule has 0 fully saturated rings. The molecule has 0 amide bonds. The van der Waals surface area contributed by atoms with Crippen molar-refractivity contribution in [1.29, 1.82) is 0 Å². The molecule has 8 heteroatoms. The van der Waals surface area contributed by atoms with E-state index in [0.717, 1.165) is 12.1 Å². The van der Waals surface area contributed by atoms with Gasteiger partial charge >= 0.3 is 11.7 Å². The number of nitrogens with zero attached hydrogens (tertiary/aromatic N) is 1. The van der Waals surface area contributed by atoms with Gasteiger partial charge in [0, 0.05) is 12.3 Å². The van der Waals surface area contributed by atoms with E-state index in [9.17, 15) is 23.2 Å². The molecule has 0 radical (unpaired) electrons. The van der Waals surface area contributed by atoms with Crippen molar-refractivity contribution in [2.24, 2.45) is 0 Å². The molecule has 0 saturated carbocycles. The summed E-state index contributed by atoms with van der Waals surface area (Å²) in [6.45, 7) is 0. The predicted molar refractivity (Wildman–Crippen MR) is 59.5 cm³/mol. The lowest BCUT2D eigenvalue weighted by Crippen LogP contribution is -2.32. The quantitative estimate of drug-likeness (QED) is 0.829. The molecule has 6 nitrogen and oxygen atoms in total. The van der Waals surface area contributed by atoms with Crippen molar-refractivity contribution in [2.75, 3.05) is 0 Å². The second-order valence-corrected chi connectivity index (χ2v) is 3.60. The number of nitrogens with one attached hydrogen (secondary N) is 1. The van der Waals surface area contributed by atoms with E-state index in [0.29, 0.717) is 16.8 Å². The summed E-state index contributed by atoms with van der Waals surface area (Å²) in [6.07, 6.45) is 0.706. The third-order valence-electron chi connectivity index (χ3n) is 2.30. The molecule has 0 saturated heterocycles. The third kappa shape index (κ3) is 2.41. The van der Waals surface area contributed by atoms with Crippen molar-refractivity contribution in [1.82, 2.24) is 9.55 Å². The topological polar surface area (TPSA) is 92.2 Å². The Bertz CT molecular complexity index is 759. The second-order valence-electron chi connectivity index (χ2n) is 3.60. The van der Waals surface area contributed by atoms with Crippen LogP contribution in [0.3, 0.4) is 0 Å². The first kappa shape index (κ1) is 12.7. The maximum Gasteiger partial charge on any atom is 0.342 e. The zero-order valence-corrected chi connectivity index (χ0v) is 9.18. The van der Waals surface area contributed by atoms with Crippen LogP contribution in [0.15, 0.2) is 34.0 Å². The lowest BCUT2D eigenvalue weighted by atomic mass is 10.2. The minimum Gasteiger partial charge on any atom is -0.477 e. The fraction of sp³-hybridized carbons (Fsp3) is 0. The highest BCUT2D eigenvalue weighted by Crippen LogP contribution is 2.10. The Labute approximate surface area is 103 Å². The molecule has 0 unspecified atom stereocenters. The van der Waals surface area contributed by atoms with Crippen LogP contribution in [0.25, 0.3) is 5.69 Å². The van der Waals surface area contributed by atoms with Gasteiger partial charge < -0.3 is 5.11 Å². The van der Waals surface area contributed by atoms with E-state index in [1.54, 1.807) is 4.98 Å². The van der Waals surface area contributed by atoms with Crippen LogP contribution in [0, 0.1) is 11.6 Å². The summed E-state index contributed by atoms with van der Waals surface area (Å²) in [6, 6.07) is 2.25. The van der Waals surface area contributed by atoms with Crippen molar-refractivity contribution in [2.45, 2.75) is 0 Å². The van der Waals surface area contributed by atoms with Crippen LogP contribution in [0.4, 0.5) is 8.78 Å². The van der Waals surface area contributed by atoms with Gasteiger partial charge in [0.05, 0.1) is 5.69 Å². The van der Waals surface area contributed by atoms with Gasteiger partial charge in [-0.15, -0.1) is 0 Å². The average molecular weight is 268 g/mol. The number of carbonyl (C=O) groups is 1. The molecule has 0 bridgehead atoms. The monoisotopic (exact) mass is 268 g/mol. The number of carboxylic acids is 1. The highest BCUT2D eigenvalue weighted by Gasteiger charge is 2.13. The van der Waals surface area contributed by atoms with Crippen LogP contribution in [0.1, 0.15) is 10.4 Å². The number of aromatic carboxylic acids is 1. The molecule has 0 atom stereocenters. The van der Waals surface area contributed by atoms with Gasteiger partial charge in [-0.1, -0.05) is 0 Å². The van der Waals surface area contributed by atoms with Gasteiger partial charge in [-0.3, -0.25) is 14.3 Å². The number of hydrogen-bond acceptors (Lipinski definition) is 3. The van der Waals surface area contributed by atoms with Crippen molar-refractivity contribution >= 4 is 5.97 Å². The molecule has 1 aromatic heterocycles. The Kier molecular flexibility index (Phi) is 2.99. The minimum absolute atomic E-state index is 0.235. The molecule has 2 N–H and O–H groups in total. The standard InChI is InChI=1S/C11H6F2N2O4/c12-5-1-6(13)3-7(2-5)15-4-8(10(17)18)9(16)14-11(15)19/h1-4H,(H,17,18)(H,14,16,19). The first-order valence-electron chi connectivity index (χ1n) is 4.94. The van der Waals surface area contributed by atoms with Gasteiger partial charge in [-0.25, -0.2) is 18.4 Å². The second kappa shape index (κ2) is 4.48. The lowest BCUT2D eigenvalue weighted by molar-refractivity contribution is 0.0694. The van der Waals surface area contributed by atoms with Crippen LogP contribution in [0.2, 0.25) is 0 Å². The molecule has 19 heavy (non-hydrogen) atoms. The number of halogens is 2. The van der Waals surface area contributed by atoms with Gasteiger partial charge in [-0.2, -0.15) is 0 Å². The van der Waals surface area contributed by atoms with Crippen LogP contribution in [-0.2, 0) is 0 Å². The number of benzene rings is 1. The highest BCUT2D eigenvalue weighted by molar-refractivity contribution is 5.86.